The molecule has 0 saturated carbocycles. The van der Waals surface area contributed by atoms with Crippen LogP contribution in [-0.2, 0) is 4.74 Å². The zero-order valence-corrected chi connectivity index (χ0v) is 17.4. The average Bonchev–Trinajstić information content (AvgIpc) is 2.57. The molecule has 0 spiro atoms. The van der Waals surface area contributed by atoms with Crippen LogP contribution in [0, 0.1) is 12.7 Å². The van der Waals surface area contributed by atoms with Gasteiger partial charge in [-0.05, 0) is 38.5 Å². The number of rotatable bonds is 9. The van der Waals surface area contributed by atoms with Crippen molar-refractivity contribution in [3.05, 3.63) is 35.1 Å². The highest BCUT2D eigenvalue weighted by atomic mass is 127. The second kappa shape index (κ2) is 13.8. The lowest BCUT2D eigenvalue weighted by atomic mass is 10.1. The van der Waals surface area contributed by atoms with Crippen LogP contribution in [0.1, 0.15) is 29.8 Å². The number of benzene rings is 1. The normalized spacial score (nSPS) is 10.8. The van der Waals surface area contributed by atoms with E-state index in [0.717, 1.165) is 6.54 Å². The summed E-state index contributed by atoms with van der Waals surface area (Å²) in [5.41, 5.74) is 0.835. The minimum atomic E-state index is -0.378. The molecule has 0 atom stereocenters. The molecule has 0 aliphatic carbocycles. The first-order chi connectivity index (χ1) is 11.6. The van der Waals surface area contributed by atoms with Crippen molar-refractivity contribution in [2.45, 2.75) is 20.8 Å². The molecule has 6 nitrogen and oxygen atoms in total. The van der Waals surface area contributed by atoms with Gasteiger partial charge in [0.15, 0.2) is 5.96 Å². The summed E-state index contributed by atoms with van der Waals surface area (Å²) in [5, 5.41) is 8.98. The molecule has 0 heterocycles. The second-order valence-electron chi connectivity index (χ2n) is 5.10. The lowest BCUT2D eigenvalue weighted by molar-refractivity contribution is 0.0954. The maximum atomic E-state index is 13.5. The van der Waals surface area contributed by atoms with E-state index in [4.69, 9.17) is 4.74 Å². The fraction of sp³-hybridized carbons (Fsp3) is 0.529. The fourth-order valence-corrected chi connectivity index (χ4v) is 1.90. The van der Waals surface area contributed by atoms with Crippen LogP contribution in [0.3, 0.4) is 0 Å². The third-order valence-electron chi connectivity index (χ3n) is 3.19. The number of amides is 1. The SMILES string of the molecule is CCNC(=NCCOCC)NCCNC(=O)c1ccc(C)c(F)c1.I. The first-order valence-electron chi connectivity index (χ1n) is 8.22. The highest BCUT2D eigenvalue weighted by molar-refractivity contribution is 14.0. The first-order valence-corrected chi connectivity index (χ1v) is 8.22. The molecule has 0 aromatic heterocycles. The highest BCUT2D eigenvalue weighted by Crippen LogP contribution is 2.08. The van der Waals surface area contributed by atoms with E-state index in [1.165, 1.54) is 6.07 Å². The van der Waals surface area contributed by atoms with Crippen molar-refractivity contribution in [2.24, 2.45) is 4.99 Å². The van der Waals surface area contributed by atoms with Gasteiger partial charge in [0.05, 0.1) is 13.2 Å². The van der Waals surface area contributed by atoms with Gasteiger partial charge in [-0.25, -0.2) is 4.39 Å². The van der Waals surface area contributed by atoms with Crippen molar-refractivity contribution in [3.63, 3.8) is 0 Å². The average molecular weight is 466 g/mol. The van der Waals surface area contributed by atoms with Gasteiger partial charge in [0.1, 0.15) is 5.82 Å². The van der Waals surface area contributed by atoms with Crippen molar-refractivity contribution in [2.75, 3.05) is 39.4 Å². The molecule has 1 amide bonds. The van der Waals surface area contributed by atoms with Gasteiger partial charge >= 0.3 is 0 Å². The Hall–Kier alpha value is -1.42. The number of hydrogen-bond acceptors (Lipinski definition) is 3. The van der Waals surface area contributed by atoms with Crippen molar-refractivity contribution in [1.82, 2.24) is 16.0 Å². The molecule has 8 heteroatoms. The van der Waals surface area contributed by atoms with Crippen LogP contribution in [0.2, 0.25) is 0 Å². The summed E-state index contributed by atoms with van der Waals surface area (Å²) < 4.78 is 18.7. The van der Waals surface area contributed by atoms with E-state index in [0.29, 0.717) is 49.9 Å². The molecule has 1 aromatic rings. The summed E-state index contributed by atoms with van der Waals surface area (Å²) in [6.45, 7) is 9.06. The molecule has 0 fully saturated rings. The van der Waals surface area contributed by atoms with Crippen LogP contribution < -0.4 is 16.0 Å². The molecule has 0 aliphatic rings. The zero-order chi connectivity index (χ0) is 17.8. The Balaban J connectivity index is 0.00000576. The summed E-state index contributed by atoms with van der Waals surface area (Å²) in [6.07, 6.45) is 0. The number of carbonyl (C=O) groups is 1. The Labute approximate surface area is 166 Å². The maximum absolute atomic E-state index is 13.5. The van der Waals surface area contributed by atoms with Crippen molar-refractivity contribution in [3.8, 4) is 0 Å². The van der Waals surface area contributed by atoms with E-state index in [9.17, 15) is 9.18 Å². The van der Waals surface area contributed by atoms with Crippen molar-refractivity contribution >= 4 is 35.8 Å². The number of carbonyl (C=O) groups excluding carboxylic acids is 1. The van der Waals surface area contributed by atoms with Crippen molar-refractivity contribution < 1.29 is 13.9 Å². The molecule has 3 N–H and O–H groups in total. The van der Waals surface area contributed by atoms with Gasteiger partial charge < -0.3 is 20.7 Å². The van der Waals surface area contributed by atoms with Crippen LogP contribution in [0.5, 0.6) is 0 Å². The smallest absolute Gasteiger partial charge is 0.251 e. The minimum Gasteiger partial charge on any atom is -0.380 e. The Morgan fingerprint density at radius 3 is 2.56 bits per heavy atom. The standard InChI is InChI=1S/C17H27FN4O2.HI/c1-4-19-17(22-10-11-24-5-2)21-9-8-20-16(23)14-7-6-13(3)15(18)12-14;/h6-7,12H,4-5,8-11H2,1-3H3,(H,20,23)(H2,19,21,22);1H. The summed E-state index contributed by atoms with van der Waals surface area (Å²) in [7, 11) is 0. The van der Waals surface area contributed by atoms with E-state index < -0.39 is 0 Å². The molecule has 0 aliphatic heterocycles. The quantitative estimate of drug-likeness (QED) is 0.226. The van der Waals surface area contributed by atoms with Gasteiger partial charge in [0.25, 0.3) is 5.91 Å². The number of halogens is 2. The van der Waals surface area contributed by atoms with Crippen LogP contribution in [0.4, 0.5) is 4.39 Å². The van der Waals surface area contributed by atoms with E-state index in [2.05, 4.69) is 20.9 Å². The first kappa shape index (κ1) is 23.6. The van der Waals surface area contributed by atoms with Gasteiger partial charge in [-0.1, -0.05) is 6.07 Å². The minimum absolute atomic E-state index is 0. The number of nitrogens with one attached hydrogen (secondary N) is 3. The Morgan fingerprint density at radius 1 is 1.20 bits per heavy atom. The monoisotopic (exact) mass is 466 g/mol. The van der Waals surface area contributed by atoms with Gasteiger partial charge in [-0.3, -0.25) is 9.79 Å². The topological polar surface area (TPSA) is 74.8 Å². The molecule has 142 valence electrons. The second-order valence-corrected chi connectivity index (χ2v) is 5.10. The van der Waals surface area contributed by atoms with Crippen LogP contribution in [0.25, 0.3) is 0 Å². The molecule has 0 unspecified atom stereocenters. The zero-order valence-electron chi connectivity index (χ0n) is 15.0. The van der Waals surface area contributed by atoms with E-state index in [1.54, 1.807) is 19.1 Å². The number of ether oxygens (including phenoxy) is 1. The number of hydrogen-bond donors (Lipinski definition) is 3. The lowest BCUT2D eigenvalue weighted by Crippen LogP contribution is -2.41. The van der Waals surface area contributed by atoms with Crippen molar-refractivity contribution in [1.29, 1.82) is 0 Å². The summed E-state index contributed by atoms with van der Waals surface area (Å²) in [5.74, 6) is -0.00143. The molecule has 0 saturated heterocycles. The molecular weight excluding hydrogens is 438 g/mol. The Kier molecular flexibility index (Phi) is 13.0. The molecule has 1 aromatic carbocycles. The highest BCUT2D eigenvalue weighted by Gasteiger charge is 2.07. The number of aliphatic imine (C=N–C) groups is 1. The lowest BCUT2D eigenvalue weighted by Gasteiger charge is -2.12. The molecule has 0 radical (unpaired) electrons. The summed E-state index contributed by atoms with van der Waals surface area (Å²) >= 11 is 0. The van der Waals surface area contributed by atoms with E-state index in [-0.39, 0.29) is 35.7 Å². The van der Waals surface area contributed by atoms with E-state index >= 15 is 0 Å². The summed E-state index contributed by atoms with van der Waals surface area (Å²) in [4.78, 5) is 16.3. The van der Waals surface area contributed by atoms with Crippen LogP contribution >= 0.6 is 24.0 Å². The predicted octanol–water partition coefficient (Wildman–Crippen LogP) is 2.07. The third kappa shape index (κ3) is 9.59. The van der Waals surface area contributed by atoms with Gasteiger partial charge in [-0.15, -0.1) is 24.0 Å². The van der Waals surface area contributed by atoms with Gasteiger partial charge in [0, 0.05) is 31.8 Å². The fourth-order valence-electron chi connectivity index (χ4n) is 1.90. The van der Waals surface area contributed by atoms with Crippen LogP contribution in [0.15, 0.2) is 23.2 Å². The molecular formula is C17H28FIN4O2. The Morgan fingerprint density at radius 2 is 1.92 bits per heavy atom. The maximum Gasteiger partial charge on any atom is 0.251 e. The van der Waals surface area contributed by atoms with E-state index in [1.807, 2.05) is 13.8 Å². The van der Waals surface area contributed by atoms with Gasteiger partial charge in [-0.2, -0.15) is 0 Å². The largest absolute Gasteiger partial charge is 0.380 e. The number of guanidine groups is 1. The molecule has 1 rings (SSSR count). The number of nitrogens with zero attached hydrogens (tertiary/aromatic N) is 1. The third-order valence-corrected chi connectivity index (χ3v) is 3.19. The number of aryl methyl sites for hydroxylation is 1. The van der Waals surface area contributed by atoms with Gasteiger partial charge in [0.2, 0.25) is 0 Å². The molecule has 25 heavy (non-hydrogen) atoms. The Bertz CT molecular complexity index is 555. The van der Waals surface area contributed by atoms with Crippen LogP contribution in [-0.4, -0.2) is 51.3 Å². The summed E-state index contributed by atoms with van der Waals surface area (Å²) in [6, 6.07) is 4.45. The predicted molar refractivity (Wildman–Crippen MR) is 109 cm³/mol. The molecule has 0 bridgehead atoms.